The molecule has 0 saturated heterocycles. The molecule has 1 heterocycles. The third kappa shape index (κ3) is 4.28. The maximum Gasteiger partial charge on any atom is 0.311 e. The first-order valence-electron chi connectivity index (χ1n) is 7.49. The van der Waals surface area contributed by atoms with Crippen LogP contribution >= 0.6 is 27.5 Å². The molecule has 0 bridgehead atoms. The SMILES string of the molecule is O=C(CCc1ncc(-c2c(F)cccc2F)o1)Oc1ccc(Br)cc1Cl. The number of oxazole rings is 1. The van der Waals surface area contributed by atoms with Gasteiger partial charge in [0, 0.05) is 10.9 Å². The number of carbonyl (C=O) groups is 1. The van der Waals surface area contributed by atoms with Crippen molar-refractivity contribution in [2.45, 2.75) is 12.8 Å². The molecule has 4 nitrogen and oxygen atoms in total. The fourth-order valence-corrected chi connectivity index (χ4v) is 2.93. The summed E-state index contributed by atoms with van der Waals surface area (Å²) in [5.74, 6) is -1.68. The monoisotopic (exact) mass is 441 g/mol. The van der Waals surface area contributed by atoms with E-state index in [1.807, 2.05) is 0 Å². The molecule has 3 aromatic rings. The van der Waals surface area contributed by atoms with Gasteiger partial charge >= 0.3 is 5.97 Å². The number of benzene rings is 2. The Hall–Kier alpha value is -2.25. The fraction of sp³-hybridized carbons (Fsp3) is 0.111. The molecular formula is C18H11BrClF2NO3. The highest BCUT2D eigenvalue weighted by molar-refractivity contribution is 9.10. The smallest absolute Gasteiger partial charge is 0.311 e. The molecule has 0 unspecified atom stereocenters. The Balaban J connectivity index is 1.64. The van der Waals surface area contributed by atoms with Crippen molar-refractivity contribution in [2.75, 3.05) is 0 Å². The molecule has 3 rings (SSSR count). The Morgan fingerprint density at radius 3 is 2.65 bits per heavy atom. The lowest BCUT2D eigenvalue weighted by Crippen LogP contribution is -2.09. The van der Waals surface area contributed by atoms with Gasteiger partial charge < -0.3 is 9.15 Å². The Labute approximate surface area is 160 Å². The van der Waals surface area contributed by atoms with Crippen molar-refractivity contribution in [3.8, 4) is 17.1 Å². The molecule has 0 aliphatic carbocycles. The normalized spacial score (nSPS) is 10.8. The molecule has 134 valence electrons. The predicted octanol–water partition coefficient (Wildman–Crippen LogP) is 5.57. The molecule has 1 aromatic heterocycles. The van der Waals surface area contributed by atoms with Crippen LogP contribution < -0.4 is 4.74 Å². The zero-order chi connectivity index (χ0) is 18.7. The van der Waals surface area contributed by atoms with Crippen LogP contribution in [0.15, 0.2) is 51.5 Å². The second kappa shape index (κ2) is 7.97. The average molecular weight is 443 g/mol. The summed E-state index contributed by atoms with van der Waals surface area (Å²) in [7, 11) is 0. The minimum atomic E-state index is -0.753. The maximum atomic E-state index is 13.8. The van der Waals surface area contributed by atoms with Crippen LogP contribution in [0, 0.1) is 11.6 Å². The maximum absolute atomic E-state index is 13.8. The van der Waals surface area contributed by atoms with E-state index < -0.39 is 17.6 Å². The number of aryl methyl sites for hydroxylation is 1. The number of hydrogen-bond acceptors (Lipinski definition) is 4. The van der Waals surface area contributed by atoms with Crippen LogP contribution in [0.25, 0.3) is 11.3 Å². The minimum absolute atomic E-state index is 0.0356. The lowest BCUT2D eigenvalue weighted by molar-refractivity contribution is -0.134. The van der Waals surface area contributed by atoms with E-state index in [2.05, 4.69) is 20.9 Å². The van der Waals surface area contributed by atoms with Gasteiger partial charge in [0.15, 0.2) is 11.7 Å². The fourth-order valence-electron chi connectivity index (χ4n) is 2.22. The molecule has 0 radical (unpaired) electrons. The summed E-state index contributed by atoms with van der Waals surface area (Å²) in [5, 5.41) is 0.293. The van der Waals surface area contributed by atoms with Crippen LogP contribution in [0.5, 0.6) is 5.75 Å². The van der Waals surface area contributed by atoms with E-state index in [1.54, 1.807) is 18.2 Å². The molecule has 0 amide bonds. The van der Waals surface area contributed by atoms with Crippen molar-refractivity contribution in [1.29, 1.82) is 0 Å². The molecule has 8 heteroatoms. The summed E-state index contributed by atoms with van der Waals surface area (Å²) >= 11 is 9.24. The average Bonchev–Trinajstić information content (AvgIpc) is 3.04. The Morgan fingerprint density at radius 2 is 1.96 bits per heavy atom. The lowest BCUT2D eigenvalue weighted by Gasteiger charge is -2.05. The third-order valence-corrected chi connectivity index (χ3v) is 4.21. The summed E-state index contributed by atoms with van der Waals surface area (Å²) < 4.78 is 38.8. The van der Waals surface area contributed by atoms with Gasteiger partial charge in [0.05, 0.1) is 23.2 Å². The first-order chi connectivity index (χ1) is 12.4. The van der Waals surface area contributed by atoms with Crippen molar-refractivity contribution < 1.29 is 22.7 Å². The Kier molecular flexibility index (Phi) is 5.68. The second-order valence-corrected chi connectivity index (χ2v) is 6.59. The quantitative estimate of drug-likeness (QED) is 0.383. The van der Waals surface area contributed by atoms with Gasteiger partial charge in [0.2, 0.25) is 0 Å². The van der Waals surface area contributed by atoms with Crippen LogP contribution in [0.3, 0.4) is 0 Å². The number of nitrogens with zero attached hydrogens (tertiary/aromatic N) is 1. The molecule has 0 saturated carbocycles. The van der Waals surface area contributed by atoms with Crippen LogP contribution in [0.2, 0.25) is 5.02 Å². The van der Waals surface area contributed by atoms with Crippen LogP contribution in [-0.4, -0.2) is 11.0 Å². The highest BCUT2D eigenvalue weighted by Gasteiger charge is 2.17. The van der Waals surface area contributed by atoms with Crippen molar-refractivity contribution in [3.63, 3.8) is 0 Å². The number of esters is 1. The largest absolute Gasteiger partial charge is 0.441 e. The molecule has 0 aliphatic heterocycles. The summed E-state index contributed by atoms with van der Waals surface area (Å²) in [5.41, 5.74) is -0.296. The van der Waals surface area contributed by atoms with Crippen LogP contribution in [-0.2, 0) is 11.2 Å². The summed E-state index contributed by atoms with van der Waals surface area (Å²) in [6.45, 7) is 0. The van der Waals surface area contributed by atoms with Gasteiger partial charge in [-0.2, -0.15) is 0 Å². The van der Waals surface area contributed by atoms with Gasteiger partial charge in [0.25, 0.3) is 0 Å². The second-order valence-electron chi connectivity index (χ2n) is 5.26. The van der Waals surface area contributed by atoms with Crippen molar-refractivity contribution in [1.82, 2.24) is 4.98 Å². The number of halogens is 4. The first kappa shape index (κ1) is 18.5. The van der Waals surface area contributed by atoms with Gasteiger partial charge in [-0.3, -0.25) is 4.79 Å². The highest BCUT2D eigenvalue weighted by Crippen LogP contribution is 2.29. The predicted molar refractivity (Wildman–Crippen MR) is 95.0 cm³/mol. The van der Waals surface area contributed by atoms with Crippen LogP contribution in [0.1, 0.15) is 12.3 Å². The first-order valence-corrected chi connectivity index (χ1v) is 8.66. The number of carbonyl (C=O) groups excluding carboxylic acids is 1. The number of rotatable bonds is 5. The van der Waals surface area contributed by atoms with E-state index >= 15 is 0 Å². The molecular weight excluding hydrogens is 432 g/mol. The lowest BCUT2D eigenvalue weighted by atomic mass is 10.1. The molecule has 2 aromatic carbocycles. The number of ether oxygens (including phenoxy) is 1. The molecule has 0 N–H and O–H groups in total. The standard InChI is InChI=1S/C18H11BrClF2NO3/c19-10-4-5-14(11(20)8-10)26-17(24)7-6-16-23-9-15(25-16)18-12(21)2-1-3-13(18)22/h1-5,8-9H,6-7H2. The molecule has 0 fully saturated rings. The van der Waals surface area contributed by atoms with E-state index in [4.69, 9.17) is 20.8 Å². The number of aromatic nitrogens is 1. The minimum Gasteiger partial charge on any atom is -0.441 e. The van der Waals surface area contributed by atoms with E-state index in [-0.39, 0.29) is 35.8 Å². The van der Waals surface area contributed by atoms with Crippen molar-refractivity contribution in [3.05, 3.63) is 69.6 Å². The van der Waals surface area contributed by atoms with Gasteiger partial charge in [-0.1, -0.05) is 33.6 Å². The summed E-state index contributed by atoms with van der Waals surface area (Å²) in [6.07, 6.45) is 1.29. The molecule has 26 heavy (non-hydrogen) atoms. The zero-order valence-electron chi connectivity index (χ0n) is 13.1. The van der Waals surface area contributed by atoms with Gasteiger partial charge in [0.1, 0.15) is 17.4 Å². The van der Waals surface area contributed by atoms with Gasteiger partial charge in [-0.15, -0.1) is 0 Å². The zero-order valence-corrected chi connectivity index (χ0v) is 15.5. The Morgan fingerprint density at radius 1 is 1.23 bits per heavy atom. The van der Waals surface area contributed by atoms with Gasteiger partial charge in [-0.05, 0) is 30.3 Å². The van der Waals surface area contributed by atoms with Crippen molar-refractivity contribution >= 4 is 33.5 Å². The molecule has 0 aliphatic rings. The van der Waals surface area contributed by atoms with E-state index in [0.717, 1.165) is 16.6 Å². The molecule has 0 spiro atoms. The topological polar surface area (TPSA) is 52.3 Å². The van der Waals surface area contributed by atoms with Crippen molar-refractivity contribution in [2.24, 2.45) is 0 Å². The number of hydrogen-bond donors (Lipinski definition) is 0. The van der Waals surface area contributed by atoms with Gasteiger partial charge in [-0.25, -0.2) is 13.8 Å². The Bertz CT molecular complexity index is 941. The van der Waals surface area contributed by atoms with E-state index in [1.165, 1.54) is 12.3 Å². The summed E-state index contributed by atoms with van der Waals surface area (Å²) in [4.78, 5) is 15.9. The summed E-state index contributed by atoms with van der Waals surface area (Å²) in [6, 6.07) is 8.37. The third-order valence-electron chi connectivity index (χ3n) is 3.42. The highest BCUT2D eigenvalue weighted by atomic mass is 79.9. The van der Waals surface area contributed by atoms with E-state index in [0.29, 0.717) is 5.02 Å². The van der Waals surface area contributed by atoms with Crippen LogP contribution in [0.4, 0.5) is 8.78 Å². The molecule has 0 atom stereocenters. The van der Waals surface area contributed by atoms with E-state index in [9.17, 15) is 13.6 Å².